The van der Waals surface area contributed by atoms with Crippen LogP contribution in [0.2, 0.25) is 5.02 Å². The van der Waals surface area contributed by atoms with E-state index in [2.05, 4.69) is 15.0 Å². The van der Waals surface area contributed by atoms with Gasteiger partial charge in [-0.2, -0.15) is 0 Å². The first-order chi connectivity index (χ1) is 16.0. The number of carbonyl (C=O) groups excluding carboxylic acids is 1. The molecule has 1 saturated carbocycles. The average Bonchev–Trinajstić information content (AvgIpc) is 2.78. The lowest BCUT2D eigenvalue weighted by atomic mass is 9.90. The summed E-state index contributed by atoms with van der Waals surface area (Å²) in [6, 6.07) is 5.78. The van der Waals surface area contributed by atoms with E-state index in [1.54, 1.807) is 6.07 Å². The third kappa shape index (κ3) is 4.93. The van der Waals surface area contributed by atoms with Crippen LogP contribution in [0.3, 0.4) is 0 Å². The van der Waals surface area contributed by atoms with Gasteiger partial charge in [0.15, 0.2) is 5.65 Å². The van der Waals surface area contributed by atoms with Gasteiger partial charge in [-0.1, -0.05) is 11.6 Å². The van der Waals surface area contributed by atoms with Crippen molar-refractivity contribution in [1.29, 1.82) is 0 Å². The SMILES string of the molecule is Cn1c(=O)c(=O)n(C2CCC(NC(=O)c3ccc(OC(F)(F)F)cc3)CC2)c2ncc(Cl)cc21. The number of aryl methyl sites for hydroxylation is 1. The quantitative estimate of drug-likeness (QED) is 0.557. The topological polar surface area (TPSA) is 95.2 Å². The van der Waals surface area contributed by atoms with Crippen molar-refractivity contribution in [1.82, 2.24) is 19.4 Å². The van der Waals surface area contributed by atoms with Gasteiger partial charge in [-0.25, -0.2) is 4.98 Å². The summed E-state index contributed by atoms with van der Waals surface area (Å²) in [5.41, 5.74) is -0.328. The molecule has 4 rings (SSSR count). The molecule has 1 fully saturated rings. The van der Waals surface area contributed by atoms with E-state index in [4.69, 9.17) is 11.6 Å². The highest BCUT2D eigenvalue weighted by Crippen LogP contribution is 2.30. The molecule has 0 saturated heterocycles. The minimum atomic E-state index is -4.81. The van der Waals surface area contributed by atoms with E-state index in [0.29, 0.717) is 41.9 Å². The largest absolute Gasteiger partial charge is 0.573 e. The lowest BCUT2D eigenvalue weighted by Gasteiger charge is -2.30. The van der Waals surface area contributed by atoms with Crippen molar-refractivity contribution in [2.24, 2.45) is 7.05 Å². The summed E-state index contributed by atoms with van der Waals surface area (Å²) in [6.45, 7) is 0. The van der Waals surface area contributed by atoms with Crippen molar-refractivity contribution >= 4 is 28.7 Å². The fraction of sp³-hybridized carbons (Fsp3) is 0.364. The van der Waals surface area contributed by atoms with Crippen LogP contribution in [-0.4, -0.2) is 32.4 Å². The van der Waals surface area contributed by atoms with Crippen molar-refractivity contribution in [3.63, 3.8) is 0 Å². The molecular formula is C22H20ClF3N4O4. The fourth-order valence-electron chi connectivity index (χ4n) is 4.20. The van der Waals surface area contributed by atoms with E-state index in [9.17, 15) is 27.6 Å². The van der Waals surface area contributed by atoms with E-state index < -0.39 is 29.1 Å². The molecule has 1 aromatic carbocycles. The van der Waals surface area contributed by atoms with Crippen LogP contribution in [0, 0.1) is 0 Å². The third-order valence-electron chi connectivity index (χ3n) is 5.86. The van der Waals surface area contributed by atoms with E-state index in [-0.39, 0.29) is 17.6 Å². The van der Waals surface area contributed by atoms with Gasteiger partial charge in [0.05, 0.1) is 10.5 Å². The molecule has 1 amide bonds. The zero-order chi connectivity index (χ0) is 24.6. The van der Waals surface area contributed by atoms with Crippen LogP contribution in [0.4, 0.5) is 13.2 Å². The van der Waals surface area contributed by atoms with E-state index >= 15 is 0 Å². The van der Waals surface area contributed by atoms with Crippen LogP contribution in [0.1, 0.15) is 42.1 Å². The summed E-state index contributed by atoms with van der Waals surface area (Å²) in [5.74, 6) is -0.833. The van der Waals surface area contributed by atoms with Crippen molar-refractivity contribution in [3.8, 4) is 5.75 Å². The molecule has 180 valence electrons. The maximum Gasteiger partial charge on any atom is 0.573 e. The standard InChI is InChI=1S/C22H20ClF3N4O4/c1-29-17-10-13(23)11-27-18(17)30(21(33)20(29)32)15-6-4-14(5-7-15)28-19(31)12-2-8-16(9-3-12)34-22(24,25)26/h2-3,8-11,14-15H,4-7H2,1H3,(H,28,31). The molecule has 0 unspecified atom stereocenters. The number of rotatable bonds is 4. The lowest BCUT2D eigenvalue weighted by molar-refractivity contribution is -0.274. The highest BCUT2D eigenvalue weighted by molar-refractivity contribution is 6.31. The minimum absolute atomic E-state index is 0.189. The molecule has 34 heavy (non-hydrogen) atoms. The number of aromatic nitrogens is 3. The molecule has 2 heterocycles. The molecule has 2 aromatic heterocycles. The molecular weight excluding hydrogens is 477 g/mol. The van der Waals surface area contributed by atoms with Gasteiger partial charge >= 0.3 is 17.5 Å². The molecule has 0 radical (unpaired) electrons. The number of ether oxygens (including phenoxy) is 1. The van der Waals surface area contributed by atoms with Gasteiger partial charge in [-0.3, -0.25) is 19.0 Å². The van der Waals surface area contributed by atoms with Crippen molar-refractivity contribution in [3.05, 3.63) is 67.8 Å². The monoisotopic (exact) mass is 496 g/mol. The summed E-state index contributed by atoms with van der Waals surface area (Å²) in [5, 5.41) is 3.21. The Morgan fingerprint density at radius 1 is 1.12 bits per heavy atom. The van der Waals surface area contributed by atoms with Gasteiger partial charge in [-0.05, 0) is 56.0 Å². The van der Waals surface area contributed by atoms with Crippen molar-refractivity contribution in [2.45, 2.75) is 44.1 Å². The second kappa shape index (κ2) is 9.13. The molecule has 12 heteroatoms. The minimum Gasteiger partial charge on any atom is -0.406 e. The predicted octanol–water partition coefficient (Wildman–Crippen LogP) is 3.56. The number of nitrogens with one attached hydrogen (secondary N) is 1. The lowest BCUT2D eigenvalue weighted by Crippen LogP contribution is -2.44. The van der Waals surface area contributed by atoms with Gasteiger partial charge in [0.1, 0.15) is 5.75 Å². The zero-order valence-electron chi connectivity index (χ0n) is 17.9. The predicted molar refractivity (Wildman–Crippen MR) is 118 cm³/mol. The zero-order valence-corrected chi connectivity index (χ0v) is 18.7. The Morgan fingerprint density at radius 2 is 1.76 bits per heavy atom. The maximum atomic E-state index is 12.8. The van der Waals surface area contributed by atoms with E-state index in [0.717, 1.165) is 12.1 Å². The Morgan fingerprint density at radius 3 is 2.38 bits per heavy atom. The van der Waals surface area contributed by atoms with Crippen molar-refractivity contribution in [2.75, 3.05) is 0 Å². The second-order valence-corrected chi connectivity index (χ2v) is 8.52. The average molecular weight is 497 g/mol. The van der Waals surface area contributed by atoms with Gasteiger partial charge in [-0.15, -0.1) is 13.2 Å². The Labute approximate surface area is 195 Å². The number of carbonyl (C=O) groups is 1. The summed E-state index contributed by atoms with van der Waals surface area (Å²) in [4.78, 5) is 42.0. The molecule has 0 aliphatic heterocycles. The van der Waals surface area contributed by atoms with Gasteiger partial charge in [0.2, 0.25) is 0 Å². The highest BCUT2D eigenvalue weighted by Gasteiger charge is 2.31. The van der Waals surface area contributed by atoms with E-state index in [1.165, 1.54) is 34.5 Å². The Kier molecular flexibility index (Phi) is 6.39. The highest BCUT2D eigenvalue weighted by atomic mass is 35.5. The Hall–Kier alpha value is -3.34. The normalized spacial score (nSPS) is 18.6. The van der Waals surface area contributed by atoms with Gasteiger partial charge in [0, 0.05) is 30.9 Å². The maximum absolute atomic E-state index is 12.8. The first-order valence-electron chi connectivity index (χ1n) is 10.5. The van der Waals surface area contributed by atoms with Crippen LogP contribution in [0.5, 0.6) is 5.75 Å². The van der Waals surface area contributed by atoms with E-state index in [1.807, 2.05) is 0 Å². The molecule has 0 bridgehead atoms. The number of halogens is 4. The number of amides is 1. The smallest absolute Gasteiger partial charge is 0.406 e. The molecule has 1 N–H and O–H groups in total. The summed E-state index contributed by atoms with van der Waals surface area (Å²) in [6.07, 6.45) is -1.25. The summed E-state index contributed by atoms with van der Waals surface area (Å²) >= 11 is 6.01. The molecule has 0 spiro atoms. The number of alkyl halides is 3. The number of fused-ring (bicyclic) bond motifs is 1. The third-order valence-corrected chi connectivity index (χ3v) is 6.06. The van der Waals surface area contributed by atoms with Crippen LogP contribution < -0.4 is 21.2 Å². The second-order valence-electron chi connectivity index (χ2n) is 8.09. The fourth-order valence-corrected chi connectivity index (χ4v) is 4.35. The number of pyridine rings is 1. The first kappa shape index (κ1) is 23.8. The van der Waals surface area contributed by atoms with Gasteiger partial charge < -0.3 is 14.6 Å². The number of hydrogen-bond donors (Lipinski definition) is 1. The van der Waals surface area contributed by atoms with Crippen LogP contribution in [-0.2, 0) is 7.05 Å². The Bertz CT molecular complexity index is 1340. The van der Waals surface area contributed by atoms with Crippen LogP contribution >= 0.6 is 11.6 Å². The number of hydrogen-bond acceptors (Lipinski definition) is 5. The van der Waals surface area contributed by atoms with Crippen LogP contribution in [0.25, 0.3) is 11.2 Å². The summed E-state index contributed by atoms with van der Waals surface area (Å²) in [7, 11) is 1.49. The number of benzene rings is 1. The van der Waals surface area contributed by atoms with Crippen LogP contribution in [0.15, 0.2) is 46.1 Å². The summed E-state index contributed by atoms with van der Waals surface area (Å²) < 4.78 is 43.3. The number of nitrogens with zero attached hydrogens (tertiary/aromatic N) is 3. The first-order valence-corrected chi connectivity index (χ1v) is 10.8. The molecule has 8 nitrogen and oxygen atoms in total. The van der Waals surface area contributed by atoms with Gasteiger partial charge in [0.25, 0.3) is 5.91 Å². The molecule has 0 atom stereocenters. The molecule has 1 aliphatic carbocycles. The Balaban J connectivity index is 1.45. The molecule has 1 aliphatic rings. The molecule has 3 aromatic rings. The van der Waals surface area contributed by atoms with Crippen molar-refractivity contribution < 1.29 is 22.7 Å².